The minimum Gasteiger partial charge on any atom is -0.381 e. The zero-order valence-electron chi connectivity index (χ0n) is 18.7. The molecule has 0 radical (unpaired) electrons. The Bertz CT molecular complexity index is 811. The van der Waals surface area contributed by atoms with Crippen molar-refractivity contribution in [1.29, 1.82) is 0 Å². The van der Waals surface area contributed by atoms with Crippen LogP contribution in [0.15, 0.2) is 33.8 Å². The molecule has 0 atom stereocenters. The molecule has 1 saturated heterocycles. The van der Waals surface area contributed by atoms with Gasteiger partial charge < -0.3 is 19.9 Å². The molecule has 0 unspecified atom stereocenters. The first-order chi connectivity index (χ1) is 14.6. The molecule has 8 heteroatoms. The van der Waals surface area contributed by atoms with Gasteiger partial charge in [-0.15, -0.1) is 24.0 Å². The SMILES string of the molecule is CCNC(=NCc1c(CC)noc1CC)NCC1(c2ccc(F)cc2)CCOCC1.I. The van der Waals surface area contributed by atoms with E-state index < -0.39 is 0 Å². The second-order valence-corrected chi connectivity index (χ2v) is 7.69. The molecular weight excluding hydrogens is 510 g/mol. The summed E-state index contributed by atoms with van der Waals surface area (Å²) >= 11 is 0. The molecule has 2 heterocycles. The topological polar surface area (TPSA) is 71.7 Å². The summed E-state index contributed by atoms with van der Waals surface area (Å²) in [5.41, 5.74) is 3.08. The molecule has 1 aliphatic rings. The van der Waals surface area contributed by atoms with Gasteiger partial charge in [-0.25, -0.2) is 9.38 Å². The van der Waals surface area contributed by atoms with Crippen LogP contribution in [0.1, 0.15) is 56.2 Å². The number of ether oxygens (including phenoxy) is 1. The van der Waals surface area contributed by atoms with E-state index in [-0.39, 0.29) is 35.2 Å². The van der Waals surface area contributed by atoms with Gasteiger partial charge >= 0.3 is 0 Å². The number of rotatable bonds is 8. The van der Waals surface area contributed by atoms with Gasteiger partial charge in [0, 0.05) is 43.7 Å². The lowest BCUT2D eigenvalue weighted by molar-refractivity contribution is 0.0513. The molecule has 6 nitrogen and oxygen atoms in total. The number of aliphatic imine (C=N–C) groups is 1. The molecule has 172 valence electrons. The van der Waals surface area contributed by atoms with Crippen LogP contribution in [0.25, 0.3) is 0 Å². The summed E-state index contributed by atoms with van der Waals surface area (Å²) in [6.45, 7) is 9.59. The number of nitrogens with zero attached hydrogens (tertiary/aromatic N) is 2. The zero-order chi connectivity index (χ0) is 21.4. The maximum absolute atomic E-state index is 13.5. The summed E-state index contributed by atoms with van der Waals surface area (Å²) in [6.07, 6.45) is 3.40. The molecule has 0 amide bonds. The van der Waals surface area contributed by atoms with Gasteiger partial charge in [0.15, 0.2) is 5.96 Å². The minimum atomic E-state index is -0.212. The number of aryl methyl sites for hydroxylation is 2. The fourth-order valence-electron chi connectivity index (χ4n) is 4.00. The van der Waals surface area contributed by atoms with Crippen molar-refractivity contribution in [2.75, 3.05) is 26.3 Å². The smallest absolute Gasteiger partial charge is 0.191 e. The predicted octanol–water partition coefficient (Wildman–Crippen LogP) is 4.36. The van der Waals surface area contributed by atoms with E-state index in [9.17, 15) is 4.39 Å². The highest BCUT2D eigenvalue weighted by Crippen LogP contribution is 2.34. The lowest BCUT2D eigenvalue weighted by atomic mass is 9.74. The maximum Gasteiger partial charge on any atom is 0.191 e. The molecule has 3 rings (SSSR count). The van der Waals surface area contributed by atoms with E-state index in [1.165, 1.54) is 12.1 Å². The second kappa shape index (κ2) is 12.4. The maximum atomic E-state index is 13.5. The molecule has 0 spiro atoms. The highest BCUT2D eigenvalue weighted by molar-refractivity contribution is 14.0. The van der Waals surface area contributed by atoms with Gasteiger partial charge in [0.05, 0.1) is 12.2 Å². The van der Waals surface area contributed by atoms with E-state index in [4.69, 9.17) is 14.3 Å². The van der Waals surface area contributed by atoms with E-state index >= 15 is 0 Å². The van der Waals surface area contributed by atoms with Crippen LogP contribution < -0.4 is 10.6 Å². The average Bonchev–Trinajstić information content (AvgIpc) is 3.18. The number of hydrogen-bond acceptors (Lipinski definition) is 4. The lowest BCUT2D eigenvalue weighted by Crippen LogP contribution is -2.48. The number of nitrogens with one attached hydrogen (secondary N) is 2. The van der Waals surface area contributed by atoms with Crippen molar-refractivity contribution in [3.05, 3.63) is 52.7 Å². The van der Waals surface area contributed by atoms with E-state index in [0.717, 1.165) is 60.8 Å². The Labute approximate surface area is 201 Å². The fraction of sp³-hybridized carbons (Fsp3) is 0.565. The minimum absolute atomic E-state index is 0. The third-order valence-corrected chi connectivity index (χ3v) is 5.85. The Kier molecular flexibility index (Phi) is 10.2. The number of halogens is 2. The van der Waals surface area contributed by atoms with Gasteiger partial charge in [0.1, 0.15) is 11.6 Å². The molecular formula is C23H34FIN4O2. The van der Waals surface area contributed by atoms with Crippen LogP contribution in [0.4, 0.5) is 4.39 Å². The zero-order valence-corrected chi connectivity index (χ0v) is 21.0. The van der Waals surface area contributed by atoms with E-state index in [1.807, 2.05) is 12.1 Å². The Morgan fingerprint density at radius 2 is 1.81 bits per heavy atom. The normalized spacial score (nSPS) is 15.9. The third kappa shape index (κ3) is 6.41. The van der Waals surface area contributed by atoms with Crippen molar-refractivity contribution in [1.82, 2.24) is 15.8 Å². The molecule has 0 saturated carbocycles. The van der Waals surface area contributed by atoms with Crippen LogP contribution in [0.3, 0.4) is 0 Å². The monoisotopic (exact) mass is 544 g/mol. The molecule has 0 aliphatic carbocycles. The molecule has 1 fully saturated rings. The van der Waals surface area contributed by atoms with Crippen LogP contribution in [-0.2, 0) is 29.5 Å². The van der Waals surface area contributed by atoms with Gasteiger partial charge in [-0.1, -0.05) is 31.1 Å². The molecule has 1 aromatic carbocycles. The summed E-state index contributed by atoms with van der Waals surface area (Å²) in [6, 6.07) is 6.86. The average molecular weight is 544 g/mol. The number of aromatic nitrogens is 1. The van der Waals surface area contributed by atoms with Crippen molar-refractivity contribution in [2.24, 2.45) is 4.99 Å². The third-order valence-electron chi connectivity index (χ3n) is 5.85. The van der Waals surface area contributed by atoms with Crippen LogP contribution in [0, 0.1) is 5.82 Å². The summed E-state index contributed by atoms with van der Waals surface area (Å²) in [5, 5.41) is 11.0. The van der Waals surface area contributed by atoms with E-state index in [2.05, 4.69) is 36.6 Å². The van der Waals surface area contributed by atoms with Crippen molar-refractivity contribution in [3.63, 3.8) is 0 Å². The lowest BCUT2D eigenvalue weighted by Gasteiger charge is -2.38. The van der Waals surface area contributed by atoms with E-state index in [0.29, 0.717) is 26.3 Å². The first-order valence-corrected chi connectivity index (χ1v) is 10.9. The number of guanidine groups is 1. The molecule has 31 heavy (non-hydrogen) atoms. The molecule has 1 aliphatic heterocycles. The molecule has 0 bridgehead atoms. The Balaban J connectivity index is 0.00000341. The summed E-state index contributed by atoms with van der Waals surface area (Å²) in [5.74, 6) is 1.45. The van der Waals surface area contributed by atoms with Crippen LogP contribution in [0.2, 0.25) is 0 Å². The highest BCUT2D eigenvalue weighted by Gasteiger charge is 2.34. The van der Waals surface area contributed by atoms with Gasteiger partial charge in [-0.3, -0.25) is 0 Å². The first-order valence-electron chi connectivity index (χ1n) is 10.9. The molecule has 2 aromatic rings. The summed E-state index contributed by atoms with van der Waals surface area (Å²) in [7, 11) is 0. The van der Waals surface area contributed by atoms with Crippen LogP contribution in [0.5, 0.6) is 0 Å². The molecule has 2 N–H and O–H groups in total. The van der Waals surface area contributed by atoms with Crippen molar-refractivity contribution >= 4 is 29.9 Å². The Hall–Kier alpha value is -1.68. The van der Waals surface area contributed by atoms with Crippen molar-refractivity contribution < 1.29 is 13.7 Å². The quantitative estimate of drug-likeness (QED) is 0.294. The van der Waals surface area contributed by atoms with Gasteiger partial charge in [-0.05, 0) is 43.9 Å². The summed E-state index contributed by atoms with van der Waals surface area (Å²) in [4.78, 5) is 4.80. The van der Waals surface area contributed by atoms with Crippen LogP contribution >= 0.6 is 24.0 Å². The summed E-state index contributed by atoms with van der Waals surface area (Å²) < 4.78 is 24.5. The Morgan fingerprint density at radius 3 is 2.42 bits per heavy atom. The standard InChI is InChI=1S/C23H33FN4O2.HI/c1-4-20-19(21(5-2)30-28-20)15-26-22(25-6-3)27-16-23(11-13-29-14-12-23)17-7-9-18(24)10-8-17;/h7-10H,4-6,11-16H2,1-3H3,(H2,25,26,27);1H. The fourth-order valence-corrected chi connectivity index (χ4v) is 4.00. The largest absolute Gasteiger partial charge is 0.381 e. The van der Waals surface area contributed by atoms with Gasteiger partial charge in [0.2, 0.25) is 0 Å². The number of benzene rings is 1. The number of hydrogen-bond donors (Lipinski definition) is 2. The van der Waals surface area contributed by atoms with E-state index in [1.54, 1.807) is 0 Å². The van der Waals surface area contributed by atoms with Crippen molar-refractivity contribution in [2.45, 2.75) is 58.4 Å². The highest BCUT2D eigenvalue weighted by atomic mass is 127. The second-order valence-electron chi connectivity index (χ2n) is 7.69. The Morgan fingerprint density at radius 1 is 1.10 bits per heavy atom. The molecule has 1 aromatic heterocycles. The first kappa shape index (κ1) is 25.6. The van der Waals surface area contributed by atoms with Crippen LogP contribution in [-0.4, -0.2) is 37.4 Å². The van der Waals surface area contributed by atoms with Gasteiger partial charge in [-0.2, -0.15) is 0 Å². The van der Waals surface area contributed by atoms with Crippen molar-refractivity contribution in [3.8, 4) is 0 Å². The van der Waals surface area contributed by atoms with Gasteiger partial charge in [0.25, 0.3) is 0 Å². The predicted molar refractivity (Wildman–Crippen MR) is 132 cm³/mol.